The molecule has 0 bridgehead atoms. The van der Waals surface area contributed by atoms with Gasteiger partial charge in [0, 0.05) is 18.6 Å². The number of hydrogen-bond donors (Lipinski definition) is 1. The number of aromatic nitrogens is 2. The van der Waals surface area contributed by atoms with Crippen molar-refractivity contribution in [2.45, 2.75) is 46.1 Å². The van der Waals surface area contributed by atoms with Crippen molar-refractivity contribution in [3.05, 3.63) is 16.5 Å². The first kappa shape index (κ1) is 15.2. The number of nitrogens with one attached hydrogen (secondary N) is 1. The summed E-state index contributed by atoms with van der Waals surface area (Å²) in [5.74, 6) is 1.77. The molecular weight excluding hydrogens is 250 g/mol. The Hall–Kier alpha value is -0.870. The average molecular weight is 272 g/mol. The molecule has 1 aromatic heterocycles. The molecule has 0 radical (unpaired) electrons. The van der Waals surface area contributed by atoms with Gasteiger partial charge in [-0.1, -0.05) is 25.4 Å². The summed E-state index contributed by atoms with van der Waals surface area (Å²) < 4.78 is 5.19. The van der Waals surface area contributed by atoms with Crippen LogP contribution in [0.4, 0.5) is 5.82 Å². The topological polar surface area (TPSA) is 47.0 Å². The summed E-state index contributed by atoms with van der Waals surface area (Å²) in [5, 5.41) is 3.87. The molecule has 0 atom stereocenters. The normalized spacial score (nSPS) is 12.0. The first-order chi connectivity index (χ1) is 8.26. The van der Waals surface area contributed by atoms with Gasteiger partial charge in [0.1, 0.15) is 16.8 Å². The molecule has 0 aliphatic rings. The van der Waals surface area contributed by atoms with E-state index < -0.39 is 0 Å². The molecule has 0 aromatic carbocycles. The van der Waals surface area contributed by atoms with Gasteiger partial charge in [0.15, 0.2) is 0 Å². The van der Waals surface area contributed by atoms with Crippen LogP contribution in [0.15, 0.2) is 0 Å². The van der Waals surface area contributed by atoms with E-state index in [9.17, 15) is 0 Å². The third-order valence-electron chi connectivity index (χ3n) is 2.58. The molecule has 1 aromatic rings. The van der Waals surface area contributed by atoms with Gasteiger partial charge in [-0.2, -0.15) is 0 Å². The summed E-state index contributed by atoms with van der Waals surface area (Å²) in [6.45, 7) is 10.7. The number of anilines is 1. The van der Waals surface area contributed by atoms with Crippen LogP contribution < -0.4 is 5.32 Å². The third-order valence-corrected chi connectivity index (χ3v) is 2.95. The Morgan fingerprint density at radius 1 is 1.33 bits per heavy atom. The van der Waals surface area contributed by atoms with Gasteiger partial charge in [0.2, 0.25) is 0 Å². The Bertz CT molecular complexity index is 419. The summed E-state index contributed by atoms with van der Waals surface area (Å²) in [7, 11) is 1.68. The van der Waals surface area contributed by atoms with Crippen LogP contribution in [0, 0.1) is 6.92 Å². The molecule has 1 heterocycles. The third kappa shape index (κ3) is 3.82. The lowest BCUT2D eigenvalue weighted by molar-refractivity contribution is 0.158. The van der Waals surface area contributed by atoms with Gasteiger partial charge in [0.25, 0.3) is 0 Å². The van der Waals surface area contributed by atoms with Crippen molar-refractivity contribution in [1.29, 1.82) is 0 Å². The Morgan fingerprint density at radius 2 is 1.94 bits per heavy atom. The minimum atomic E-state index is -0.203. The Labute approximate surface area is 114 Å². The molecule has 102 valence electrons. The molecular formula is C13H22ClN3O. The van der Waals surface area contributed by atoms with Gasteiger partial charge in [-0.05, 0) is 20.8 Å². The zero-order valence-corrected chi connectivity index (χ0v) is 12.7. The zero-order chi connectivity index (χ0) is 13.9. The molecule has 0 fully saturated rings. The van der Waals surface area contributed by atoms with E-state index in [1.165, 1.54) is 0 Å². The van der Waals surface area contributed by atoms with Crippen molar-refractivity contribution in [2.24, 2.45) is 0 Å². The van der Waals surface area contributed by atoms with E-state index >= 15 is 0 Å². The van der Waals surface area contributed by atoms with E-state index in [1.54, 1.807) is 7.11 Å². The predicted molar refractivity (Wildman–Crippen MR) is 75.4 cm³/mol. The Balaban J connectivity index is 3.08. The average Bonchev–Trinajstić information content (AvgIpc) is 2.23. The van der Waals surface area contributed by atoms with Crippen LogP contribution in [0.2, 0.25) is 5.15 Å². The maximum Gasteiger partial charge on any atom is 0.137 e. The SMILES string of the molecule is COCC(C)(C)Nc1nc(C(C)C)nc(Cl)c1C. The predicted octanol–water partition coefficient (Wildman–Crippen LogP) is 3.40. The fourth-order valence-electron chi connectivity index (χ4n) is 1.60. The van der Waals surface area contributed by atoms with Crippen molar-refractivity contribution in [1.82, 2.24) is 9.97 Å². The molecule has 0 unspecified atom stereocenters. The van der Waals surface area contributed by atoms with Crippen LogP contribution in [0.1, 0.15) is 45.0 Å². The minimum Gasteiger partial charge on any atom is -0.382 e. The van der Waals surface area contributed by atoms with Crippen LogP contribution in [0.5, 0.6) is 0 Å². The van der Waals surface area contributed by atoms with E-state index in [2.05, 4.69) is 29.1 Å². The quantitative estimate of drug-likeness (QED) is 0.834. The first-order valence-electron chi connectivity index (χ1n) is 6.08. The summed E-state index contributed by atoms with van der Waals surface area (Å²) in [6, 6.07) is 0. The van der Waals surface area contributed by atoms with Crippen LogP contribution in [0.25, 0.3) is 0 Å². The lowest BCUT2D eigenvalue weighted by Gasteiger charge is -2.27. The highest BCUT2D eigenvalue weighted by atomic mass is 35.5. The lowest BCUT2D eigenvalue weighted by Crippen LogP contribution is -2.36. The molecule has 5 heteroatoms. The largest absolute Gasteiger partial charge is 0.382 e. The number of hydrogen-bond acceptors (Lipinski definition) is 4. The molecule has 0 spiro atoms. The molecule has 0 saturated heterocycles. The van der Waals surface area contributed by atoms with Crippen molar-refractivity contribution in [3.63, 3.8) is 0 Å². The van der Waals surface area contributed by atoms with Gasteiger partial charge >= 0.3 is 0 Å². The number of rotatable bonds is 5. The Kier molecular flexibility index (Phi) is 4.93. The second-order valence-electron chi connectivity index (χ2n) is 5.44. The molecule has 18 heavy (non-hydrogen) atoms. The van der Waals surface area contributed by atoms with Gasteiger partial charge in [-0.15, -0.1) is 0 Å². The highest BCUT2D eigenvalue weighted by molar-refractivity contribution is 6.30. The first-order valence-corrected chi connectivity index (χ1v) is 6.46. The number of methoxy groups -OCH3 is 1. The maximum atomic E-state index is 6.15. The van der Waals surface area contributed by atoms with Crippen molar-refractivity contribution in [3.8, 4) is 0 Å². The highest BCUT2D eigenvalue weighted by Gasteiger charge is 2.21. The summed E-state index contributed by atoms with van der Waals surface area (Å²) in [6.07, 6.45) is 0. The zero-order valence-electron chi connectivity index (χ0n) is 12.0. The molecule has 0 saturated carbocycles. The van der Waals surface area contributed by atoms with Crippen LogP contribution in [-0.2, 0) is 4.74 Å². The fraction of sp³-hybridized carbons (Fsp3) is 0.692. The van der Waals surface area contributed by atoms with Crippen molar-refractivity contribution < 1.29 is 4.74 Å². The molecule has 0 amide bonds. The van der Waals surface area contributed by atoms with Gasteiger partial charge in [-0.3, -0.25) is 0 Å². The number of ether oxygens (including phenoxy) is 1. The molecule has 4 nitrogen and oxygen atoms in total. The van der Waals surface area contributed by atoms with Crippen LogP contribution in [-0.4, -0.2) is 29.2 Å². The summed E-state index contributed by atoms with van der Waals surface area (Å²) in [5.41, 5.74) is 0.663. The van der Waals surface area contributed by atoms with E-state index in [4.69, 9.17) is 16.3 Å². The molecule has 0 aliphatic heterocycles. The van der Waals surface area contributed by atoms with Crippen molar-refractivity contribution in [2.75, 3.05) is 19.0 Å². The highest BCUT2D eigenvalue weighted by Crippen LogP contribution is 2.25. The molecule has 0 aliphatic carbocycles. The van der Waals surface area contributed by atoms with Gasteiger partial charge < -0.3 is 10.1 Å². The summed E-state index contributed by atoms with van der Waals surface area (Å²) in [4.78, 5) is 8.83. The monoisotopic (exact) mass is 271 g/mol. The standard InChI is InChI=1S/C13H22ClN3O/c1-8(2)11-15-10(14)9(3)12(16-11)17-13(4,5)7-18-6/h8H,7H2,1-6H3,(H,15,16,17). The van der Waals surface area contributed by atoms with Gasteiger partial charge in [0.05, 0.1) is 12.1 Å². The Morgan fingerprint density at radius 3 is 2.44 bits per heavy atom. The second-order valence-corrected chi connectivity index (χ2v) is 5.80. The smallest absolute Gasteiger partial charge is 0.137 e. The molecule has 1 N–H and O–H groups in total. The van der Waals surface area contributed by atoms with Crippen molar-refractivity contribution >= 4 is 17.4 Å². The second kappa shape index (κ2) is 5.85. The summed E-state index contributed by atoms with van der Waals surface area (Å²) >= 11 is 6.15. The van der Waals surface area contributed by atoms with E-state index in [1.807, 2.05) is 20.8 Å². The van der Waals surface area contributed by atoms with Crippen LogP contribution in [0.3, 0.4) is 0 Å². The van der Waals surface area contributed by atoms with E-state index in [-0.39, 0.29) is 11.5 Å². The fourth-order valence-corrected chi connectivity index (χ4v) is 1.78. The van der Waals surface area contributed by atoms with E-state index in [0.29, 0.717) is 11.8 Å². The number of halogens is 1. The molecule has 1 rings (SSSR count). The van der Waals surface area contributed by atoms with Gasteiger partial charge in [-0.25, -0.2) is 9.97 Å². The minimum absolute atomic E-state index is 0.203. The maximum absolute atomic E-state index is 6.15. The van der Waals surface area contributed by atoms with E-state index in [0.717, 1.165) is 17.2 Å². The number of nitrogens with zero attached hydrogens (tertiary/aromatic N) is 2. The lowest BCUT2D eigenvalue weighted by atomic mass is 10.1. The van der Waals surface area contributed by atoms with Crippen LogP contribution >= 0.6 is 11.6 Å².